The third-order valence-corrected chi connectivity index (χ3v) is 3.84. The molecule has 1 fully saturated rings. The molecule has 6 heteroatoms. The van der Waals surface area contributed by atoms with Crippen LogP contribution in [0.4, 0.5) is 5.69 Å². The van der Waals surface area contributed by atoms with Crippen molar-refractivity contribution in [2.24, 2.45) is 5.92 Å². The Balaban J connectivity index is 1.70. The number of anilines is 1. The van der Waals surface area contributed by atoms with Crippen LogP contribution in [0.25, 0.3) is 0 Å². The minimum absolute atomic E-state index is 0.0983. The van der Waals surface area contributed by atoms with Crippen LogP contribution in [0.1, 0.15) is 22.3 Å². The highest BCUT2D eigenvalue weighted by Crippen LogP contribution is 2.26. The SMILES string of the molecule is Cc1cccc(N2CC(Cn3cc(C(=O)O)cn3)CC2=O)c1. The zero-order valence-corrected chi connectivity index (χ0v) is 12.3. The first-order valence-electron chi connectivity index (χ1n) is 7.15. The Morgan fingerprint density at radius 2 is 2.27 bits per heavy atom. The van der Waals surface area contributed by atoms with E-state index in [1.165, 1.54) is 12.4 Å². The number of aromatic carboxylic acids is 1. The number of rotatable bonds is 4. The van der Waals surface area contributed by atoms with Crippen molar-refractivity contribution in [2.45, 2.75) is 19.9 Å². The number of hydrogen-bond donors (Lipinski definition) is 1. The summed E-state index contributed by atoms with van der Waals surface area (Å²) in [6.07, 6.45) is 3.29. The number of hydrogen-bond acceptors (Lipinski definition) is 3. The van der Waals surface area contributed by atoms with Gasteiger partial charge in [-0.2, -0.15) is 5.10 Å². The molecule has 1 atom stereocenters. The van der Waals surface area contributed by atoms with Crippen molar-refractivity contribution < 1.29 is 14.7 Å². The van der Waals surface area contributed by atoms with Gasteiger partial charge in [-0.1, -0.05) is 12.1 Å². The topological polar surface area (TPSA) is 75.4 Å². The van der Waals surface area contributed by atoms with Crippen LogP contribution in [-0.4, -0.2) is 33.3 Å². The van der Waals surface area contributed by atoms with Gasteiger partial charge >= 0.3 is 5.97 Å². The number of nitrogens with zero attached hydrogens (tertiary/aromatic N) is 3. The minimum atomic E-state index is -0.991. The molecule has 1 unspecified atom stereocenters. The molecule has 22 heavy (non-hydrogen) atoms. The van der Waals surface area contributed by atoms with E-state index in [2.05, 4.69) is 5.10 Å². The van der Waals surface area contributed by atoms with E-state index < -0.39 is 5.97 Å². The summed E-state index contributed by atoms with van der Waals surface area (Å²) in [5.41, 5.74) is 2.20. The van der Waals surface area contributed by atoms with Crippen molar-refractivity contribution >= 4 is 17.6 Å². The summed E-state index contributed by atoms with van der Waals surface area (Å²) in [5.74, 6) is -0.758. The molecule has 3 rings (SSSR count). The zero-order chi connectivity index (χ0) is 15.7. The lowest BCUT2D eigenvalue weighted by Crippen LogP contribution is -2.25. The lowest BCUT2D eigenvalue weighted by molar-refractivity contribution is -0.117. The number of aromatic nitrogens is 2. The first-order chi connectivity index (χ1) is 10.5. The summed E-state index contributed by atoms with van der Waals surface area (Å²) in [7, 11) is 0. The van der Waals surface area contributed by atoms with Crippen LogP contribution in [-0.2, 0) is 11.3 Å². The van der Waals surface area contributed by atoms with Crippen molar-refractivity contribution in [3.05, 3.63) is 47.8 Å². The van der Waals surface area contributed by atoms with E-state index in [-0.39, 0.29) is 17.4 Å². The van der Waals surface area contributed by atoms with E-state index in [9.17, 15) is 9.59 Å². The van der Waals surface area contributed by atoms with Crippen molar-refractivity contribution in [1.82, 2.24) is 9.78 Å². The Kier molecular flexibility index (Phi) is 3.66. The van der Waals surface area contributed by atoms with Gasteiger partial charge in [0.25, 0.3) is 0 Å². The highest BCUT2D eigenvalue weighted by molar-refractivity contribution is 5.95. The van der Waals surface area contributed by atoms with E-state index in [0.717, 1.165) is 11.3 Å². The molecule has 0 radical (unpaired) electrons. The van der Waals surface area contributed by atoms with Crippen molar-refractivity contribution in [2.75, 3.05) is 11.4 Å². The zero-order valence-electron chi connectivity index (χ0n) is 12.3. The normalized spacial score (nSPS) is 18.0. The molecular formula is C16H17N3O3. The summed E-state index contributed by atoms with van der Waals surface area (Å²) in [6, 6.07) is 7.87. The molecule has 0 spiro atoms. The first kappa shape index (κ1) is 14.3. The van der Waals surface area contributed by atoms with Gasteiger partial charge in [0.15, 0.2) is 0 Å². The maximum Gasteiger partial charge on any atom is 0.338 e. The number of amides is 1. The fourth-order valence-corrected chi connectivity index (χ4v) is 2.79. The van der Waals surface area contributed by atoms with Gasteiger partial charge < -0.3 is 10.0 Å². The molecule has 6 nitrogen and oxygen atoms in total. The number of benzene rings is 1. The first-order valence-corrected chi connectivity index (χ1v) is 7.15. The van der Waals surface area contributed by atoms with Crippen LogP contribution >= 0.6 is 0 Å². The van der Waals surface area contributed by atoms with Gasteiger partial charge in [-0.25, -0.2) is 4.79 Å². The van der Waals surface area contributed by atoms with Gasteiger partial charge in [0.05, 0.1) is 11.8 Å². The van der Waals surface area contributed by atoms with Crippen molar-refractivity contribution in [1.29, 1.82) is 0 Å². The molecule has 0 saturated carbocycles. The number of carbonyl (C=O) groups is 2. The Hall–Kier alpha value is -2.63. The van der Waals surface area contributed by atoms with E-state index in [4.69, 9.17) is 5.11 Å². The molecule has 1 aromatic carbocycles. The maximum absolute atomic E-state index is 12.2. The van der Waals surface area contributed by atoms with Crippen molar-refractivity contribution in [3.8, 4) is 0 Å². The lowest BCUT2D eigenvalue weighted by atomic mass is 10.1. The molecule has 114 valence electrons. The fourth-order valence-electron chi connectivity index (χ4n) is 2.79. The Labute approximate surface area is 128 Å². The minimum Gasteiger partial charge on any atom is -0.478 e. The summed E-state index contributed by atoms with van der Waals surface area (Å²) in [6.45, 7) is 3.17. The average Bonchev–Trinajstić information content (AvgIpc) is 3.06. The third kappa shape index (κ3) is 2.86. The summed E-state index contributed by atoms with van der Waals surface area (Å²) in [4.78, 5) is 24.8. The standard InChI is InChI=1S/C16H17N3O3/c1-11-3-2-4-14(5-11)19-9-12(6-15(19)20)8-18-10-13(7-17-18)16(21)22/h2-5,7,10,12H,6,8-9H2,1H3,(H,21,22). The predicted molar refractivity (Wildman–Crippen MR) is 80.8 cm³/mol. The fraction of sp³-hybridized carbons (Fsp3) is 0.312. The van der Waals surface area contributed by atoms with Crippen LogP contribution in [0, 0.1) is 12.8 Å². The van der Waals surface area contributed by atoms with Gasteiger partial charge in [-0.3, -0.25) is 9.48 Å². The number of aryl methyl sites for hydroxylation is 1. The maximum atomic E-state index is 12.2. The monoisotopic (exact) mass is 299 g/mol. The molecule has 0 aliphatic carbocycles. The molecule has 1 N–H and O–H groups in total. The summed E-state index contributed by atoms with van der Waals surface area (Å²) < 4.78 is 1.60. The van der Waals surface area contributed by atoms with Gasteiger partial charge in [0, 0.05) is 37.3 Å². The smallest absolute Gasteiger partial charge is 0.338 e. The molecule has 1 aliphatic rings. The van der Waals surface area contributed by atoms with E-state index >= 15 is 0 Å². The molecule has 2 aromatic rings. The number of carbonyl (C=O) groups excluding carboxylic acids is 1. The quantitative estimate of drug-likeness (QED) is 0.936. The van der Waals surface area contributed by atoms with Gasteiger partial charge in [0.1, 0.15) is 0 Å². The van der Waals surface area contributed by atoms with Gasteiger partial charge in [-0.15, -0.1) is 0 Å². The van der Waals surface area contributed by atoms with E-state index in [1.54, 1.807) is 9.58 Å². The Bertz CT molecular complexity index is 723. The average molecular weight is 299 g/mol. The molecule has 1 saturated heterocycles. The largest absolute Gasteiger partial charge is 0.478 e. The second-order valence-electron chi connectivity index (χ2n) is 5.67. The molecule has 1 aromatic heterocycles. The van der Waals surface area contributed by atoms with Crippen molar-refractivity contribution in [3.63, 3.8) is 0 Å². The molecule has 0 bridgehead atoms. The Morgan fingerprint density at radius 1 is 1.45 bits per heavy atom. The third-order valence-electron chi connectivity index (χ3n) is 3.84. The van der Waals surface area contributed by atoms with Crippen LogP contribution in [0.5, 0.6) is 0 Å². The molecule has 2 heterocycles. The second kappa shape index (κ2) is 5.63. The molecule has 1 aliphatic heterocycles. The van der Waals surface area contributed by atoms with Crippen LogP contribution in [0.3, 0.4) is 0 Å². The van der Waals surface area contributed by atoms with Crippen LogP contribution < -0.4 is 4.90 Å². The number of carboxylic acids is 1. The Morgan fingerprint density at radius 3 is 2.95 bits per heavy atom. The van der Waals surface area contributed by atoms with Crippen LogP contribution in [0.15, 0.2) is 36.7 Å². The lowest BCUT2D eigenvalue weighted by Gasteiger charge is -2.17. The van der Waals surface area contributed by atoms with E-state index in [0.29, 0.717) is 19.5 Å². The predicted octanol–water partition coefficient (Wildman–Crippen LogP) is 1.94. The summed E-state index contributed by atoms with van der Waals surface area (Å²) in [5, 5.41) is 12.9. The molecule has 1 amide bonds. The summed E-state index contributed by atoms with van der Waals surface area (Å²) >= 11 is 0. The highest BCUT2D eigenvalue weighted by atomic mass is 16.4. The van der Waals surface area contributed by atoms with E-state index in [1.807, 2.05) is 31.2 Å². The molecular weight excluding hydrogens is 282 g/mol. The highest BCUT2D eigenvalue weighted by Gasteiger charge is 2.31. The second-order valence-corrected chi connectivity index (χ2v) is 5.67. The number of carboxylic acid groups (broad SMARTS) is 1. The van der Waals surface area contributed by atoms with Crippen LogP contribution in [0.2, 0.25) is 0 Å². The van der Waals surface area contributed by atoms with Gasteiger partial charge in [-0.05, 0) is 24.6 Å². The van der Waals surface area contributed by atoms with Gasteiger partial charge in [0.2, 0.25) is 5.91 Å².